The molecule has 6 heteroatoms. The number of ether oxygens (including phenoxy) is 1. The van der Waals surface area contributed by atoms with Crippen molar-refractivity contribution in [3.63, 3.8) is 0 Å². The number of amides is 1. The molecule has 0 saturated carbocycles. The van der Waals surface area contributed by atoms with Crippen molar-refractivity contribution in [3.05, 3.63) is 40.8 Å². The summed E-state index contributed by atoms with van der Waals surface area (Å²) in [5.74, 6) is 0.0773. The normalized spacial score (nSPS) is 18.8. The van der Waals surface area contributed by atoms with Crippen molar-refractivity contribution < 1.29 is 9.53 Å². The van der Waals surface area contributed by atoms with Gasteiger partial charge in [-0.3, -0.25) is 4.79 Å². The Morgan fingerprint density at radius 3 is 3.00 bits per heavy atom. The lowest BCUT2D eigenvalue weighted by Crippen LogP contribution is -2.44. The predicted molar refractivity (Wildman–Crippen MR) is 75.9 cm³/mol. The maximum absolute atomic E-state index is 12.3. The Hall–Kier alpha value is -1.95. The topological polar surface area (TPSA) is 55.3 Å². The highest BCUT2D eigenvalue weighted by atomic mass is 32.1. The van der Waals surface area contributed by atoms with Crippen LogP contribution in [0.4, 0.5) is 0 Å². The highest BCUT2D eigenvalue weighted by molar-refractivity contribution is 7.08. The number of carbonyl (C=O) groups is 1. The van der Waals surface area contributed by atoms with E-state index in [9.17, 15) is 4.79 Å². The molecule has 1 fully saturated rings. The molecule has 0 radical (unpaired) electrons. The lowest BCUT2D eigenvalue weighted by Gasteiger charge is -2.32. The molecule has 0 aliphatic carbocycles. The third kappa shape index (κ3) is 2.96. The Morgan fingerprint density at radius 2 is 2.25 bits per heavy atom. The number of piperidine rings is 1. The fraction of sp³-hybridized carbons (Fsp3) is 0.357. The second-order valence-corrected chi connectivity index (χ2v) is 5.46. The molecule has 2 aromatic rings. The Labute approximate surface area is 121 Å². The minimum absolute atomic E-state index is 0.0336. The number of aromatic nitrogens is 2. The Kier molecular flexibility index (Phi) is 3.92. The lowest BCUT2D eigenvalue weighted by atomic mass is 10.1. The molecule has 104 valence electrons. The molecule has 1 amide bonds. The average Bonchev–Trinajstić information content (AvgIpc) is 3.02. The smallest absolute Gasteiger partial charge is 0.316 e. The summed E-state index contributed by atoms with van der Waals surface area (Å²) in [7, 11) is 0. The quantitative estimate of drug-likeness (QED) is 0.869. The third-order valence-electron chi connectivity index (χ3n) is 3.25. The number of rotatable bonds is 3. The van der Waals surface area contributed by atoms with Crippen LogP contribution < -0.4 is 4.74 Å². The van der Waals surface area contributed by atoms with E-state index in [2.05, 4.69) is 9.97 Å². The summed E-state index contributed by atoms with van der Waals surface area (Å²) in [6.45, 7) is 1.37. The first-order valence-electron chi connectivity index (χ1n) is 6.58. The monoisotopic (exact) mass is 289 g/mol. The number of carbonyl (C=O) groups excluding carboxylic acids is 1. The minimum Gasteiger partial charge on any atom is -0.458 e. The number of hydrogen-bond acceptors (Lipinski definition) is 5. The zero-order chi connectivity index (χ0) is 13.8. The van der Waals surface area contributed by atoms with E-state index >= 15 is 0 Å². The van der Waals surface area contributed by atoms with Crippen LogP contribution in [-0.4, -0.2) is 40.0 Å². The van der Waals surface area contributed by atoms with Gasteiger partial charge in [-0.1, -0.05) is 0 Å². The van der Waals surface area contributed by atoms with Crippen molar-refractivity contribution in [2.45, 2.75) is 18.9 Å². The summed E-state index contributed by atoms with van der Waals surface area (Å²) in [5, 5.41) is 3.80. The van der Waals surface area contributed by atoms with E-state index in [0.717, 1.165) is 24.9 Å². The Morgan fingerprint density at radius 1 is 1.40 bits per heavy atom. The largest absolute Gasteiger partial charge is 0.458 e. The van der Waals surface area contributed by atoms with E-state index in [1.807, 2.05) is 21.7 Å². The standard InChI is InChI=1S/C14H15N3O2S/c18-13(11-4-8-20-10-11)17-7-1-3-12(9-17)19-14-15-5-2-6-16-14/h2,4-6,8,10,12H,1,3,7,9H2. The van der Waals surface area contributed by atoms with Gasteiger partial charge in [0.25, 0.3) is 5.91 Å². The van der Waals surface area contributed by atoms with Crippen LogP contribution in [0.5, 0.6) is 6.01 Å². The van der Waals surface area contributed by atoms with Crippen molar-refractivity contribution >= 4 is 17.2 Å². The summed E-state index contributed by atoms with van der Waals surface area (Å²) in [6, 6.07) is 3.99. The molecule has 0 bridgehead atoms. The average molecular weight is 289 g/mol. The van der Waals surface area contributed by atoms with Crippen LogP contribution in [0.3, 0.4) is 0 Å². The van der Waals surface area contributed by atoms with E-state index < -0.39 is 0 Å². The van der Waals surface area contributed by atoms with Crippen molar-refractivity contribution in [2.24, 2.45) is 0 Å². The summed E-state index contributed by atoms with van der Waals surface area (Å²) >= 11 is 1.54. The van der Waals surface area contributed by atoms with E-state index in [-0.39, 0.29) is 12.0 Å². The molecule has 3 rings (SSSR count). The van der Waals surface area contributed by atoms with Gasteiger partial charge in [-0.25, -0.2) is 9.97 Å². The van der Waals surface area contributed by atoms with Crippen LogP contribution in [0.1, 0.15) is 23.2 Å². The molecule has 2 aromatic heterocycles. The highest BCUT2D eigenvalue weighted by Gasteiger charge is 2.26. The first kappa shape index (κ1) is 13.1. The fourth-order valence-corrected chi connectivity index (χ4v) is 2.91. The molecular weight excluding hydrogens is 274 g/mol. The van der Waals surface area contributed by atoms with Gasteiger partial charge in [-0.05, 0) is 30.4 Å². The van der Waals surface area contributed by atoms with Crippen molar-refractivity contribution in [1.82, 2.24) is 14.9 Å². The van der Waals surface area contributed by atoms with E-state index in [1.54, 1.807) is 18.5 Å². The summed E-state index contributed by atoms with van der Waals surface area (Å²) < 4.78 is 5.74. The molecule has 1 aliphatic heterocycles. The van der Waals surface area contributed by atoms with Gasteiger partial charge in [0.1, 0.15) is 6.10 Å². The lowest BCUT2D eigenvalue weighted by molar-refractivity contribution is 0.0516. The molecule has 3 heterocycles. The van der Waals surface area contributed by atoms with Gasteiger partial charge in [0.2, 0.25) is 0 Å². The molecule has 5 nitrogen and oxygen atoms in total. The SMILES string of the molecule is O=C(c1ccsc1)N1CCCC(Oc2ncccn2)C1. The van der Waals surface area contributed by atoms with E-state index in [0.29, 0.717) is 12.6 Å². The van der Waals surface area contributed by atoms with Gasteiger partial charge in [-0.15, -0.1) is 0 Å². The molecule has 0 spiro atoms. The maximum atomic E-state index is 12.3. The second-order valence-electron chi connectivity index (χ2n) is 4.68. The van der Waals surface area contributed by atoms with Gasteiger partial charge in [0.15, 0.2) is 0 Å². The van der Waals surface area contributed by atoms with Gasteiger partial charge in [0, 0.05) is 24.3 Å². The van der Waals surface area contributed by atoms with Gasteiger partial charge < -0.3 is 9.64 Å². The summed E-state index contributed by atoms with van der Waals surface area (Å²) in [4.78, 5) is 22.3. The third-order valence-corrected chi connectivity index (χ3v) is 3.93. The zero-order valence-electron chi connectivity index (χ0n) is 10.9. The van der Waals surface area contributed by atoms with Crippen molar-refractivity contribution in [1.29, 1.82) is 0 Å². The number of thiophene rings is 1. The minimum atomic E-state index is -0.0336. The number of nitrogens with zero attached hydrogens (tertiary/aromatic N) is 3. The van der Waals surface area contributed by atoms with Crippen LogP contribution in [0.25, 0.3) is 0 Å². The number of likely N-dealkylation sites (tertiary alicyclic amines) is 1. The highest BCUT2D eigenvalue weighted by Crippen LogP contribution is 2.18. The first-order chi connectivity index (χ1) is 9.83. The van der Waals surface area contributed by atoms with Gasteiger partial charge in [-0.2, -0.15) is 11.3 Å². The van der Waals surface area contributed by atoms with Crippen LogP contribution in [0, 0.1) is 0 Å². The van der Waals surface area contributed by atoms with Crippen LogP contribution in [0.15, 0.2) is 35.3 Å². The Bertz CT molecular complexity index is 559. The summed E-state index contributed by atoms with van der Waals surface area (Å²) in [6.07, 6.45) is 5.13. The van der Waals surface area contributed by atoms with E-state index in [1.165, 1.54) is 11.3 Å². The maximum Gasteiger partial charge on any atom is 0.316 e. The van der Waals surface area contributed by atoms with E-state index in [4.69, 9.17) is 4.74 Å². The molecule has 1 aliphatic rings. The second kappa shape index (κ2) is 6.00. The summed E-state index contributed by atoms with van der Waals surface area (Å²) in [5.41, 5.74) is 0.756. The number of hydrogen-bond donors (Lipinski definition) is 0. The van der Waals surface area contributed by atoms with Crippen LogP contribution >= 0.6 is 11.3 Å². The molecule has 1 saturated heterocycles. The predicted octanol–water partition coefficient (Wildman–Crippen LogP) is 2.22. The molecule has 1 atom stereocenters. The molecule has 0 aromatic carbocycles. The Balaban J connectivity index is 1.63. The van der Waals surface area contributed by atoms with Gasteiger partial charge >= 0.3 is 6.01 Å². The van der Waals surface area contributed by atoms with Crippen molar-refractivity contribution in [3.8, 4) is 6.01 Å². The molecular formula is C14H15N3O2S. The van der Waals surface area contributed by atoms with Crippen molar-refractivity contribution in [2.75, 3.05) is 13.1 Å². The molecule has 1 unspecified atom stereocenters. The van der Waals surface area contributed by atoms with Crippen LogP contribution in [-0.2, 0) is 0 Å². The van der Waals surface area contributed by atoms with Crippen LogP contribution in [0.2, 0.25) is 0 Å². The van der Waals surface area contributed by atoms with Gasteiger partial charge in [0.05, 0.1) is 12.1 Å². The molecule has 20 heavy (non-hydrogen) atoms. The zero-order valence-corrected chi connectivity index (χ0v) is 11.8. The molecule has 0 N–H and O–H groups in total. The fourth-order valence-electron chi connectivity index (χ4n) is 2.28. The first-order valence-corrected chi connectivity index (χ1v) is 7.52.